The molecule has 32 heavy (non-hydrogen) atoms. The standard InChI is InChI=1S/C24H25N3O4S/c28-23-24(29)31-27-18-4-2-5-19(30-23)21(18)25-22(27)16-8-12-26(13-9-16)11-7-15-3-1-6-20-17(15)10-14-32-20/h2,4-5,10,14-16H,1,3,6-9,11-13H2. The lowest BCUT2D eigenvalue weighted by Crippen LogP contribution is -2.36. The fraction of sp³-hybridized carbons (Fsp3) is 0.458. The predicted octanol–water partition coefficient (Wildman–Crippen LogP) is 3.66. The van der Waals surface area contributed by atoms with Gasteiger partial charge in [0.25, 0.3) is 0 Å². The molecule has 3 aliphatic rings. The van der Waals surface area contributed by atoms with E-state index < -0.39 is 11.9 Å². The van der Waals surface area contributed by atoms with Crippen molar-refractivity contribution in [2.75, 3.05) is 19.6 Å². The molecule has 2 aromatic heterocycles. The van der Waals surface area contributed by atoms with Crippen molar-refractivity contribution in [3.63, 3.8) is 0 Å². The lowest BCUT2D eigenvalue weighted by molar-refractivity contribution is -0.162. The van der Waals surface area contributed by atoms with Crippen molar-refractivity contribution in [3.8, 4) is 5.75 Å². The van der Waals surface area contributed by atoms with Crippen LogP contribution in [-0.4, -0.2) is 46.2 Å². The first-order valence-corrected chi connectivity index (χ1v) is 12.3. The Hall–Kier alpha value is -2.71. The molecule has 0 amide bonds. The lowest BCUT2D eigenvalue weighted by Gasteiger charge is -2.33. The molecule has 0 spiro atoms. The maximum Gasteiger partial charge on any atom is 0.442 e. The van der Waals surface area contributed by atoms with Crippen LogP contribution in [0.1, 0.15) is 60.2 Å². The second-order valence-electron chi connectivity index (χ2n) is 8.95. The molecule has 1 atom stereocenters. The lowest BCUT2D eigenvalue weighted by atomic mass is 9.85. The summed E-state index contributed by atoms with van der Waals surface area (Å²) in [5, 5.41) is 2.24. The van der Waals surface area contributed by atoms with Gasteiger partial charge in [0.15, 0.2) is 5.75 Å². The number of piperidine rings is 1. The Bertz CT molecular complexity index is 1190. The molecule has 1 unspecified atom stereocenters. The van der Waals surface area contributed by atoms with Crippen LogP contribution in [0.25, 0.3) is 11.0 Å². The summed E-state index contributed by atoms with van der Waals surface area (Å²) in [6, 6.07) is 7.60. The molecule has 0 radical (unpaired) electrons. The van der Waals surface area contributed by atoms with Crippen molar-refractivity contribution < 1.29 is 19.2 Å². The third-order valence-corrected chi connectivity index (χ3v) is 8.09. The number of ether oxygens (including phenoxy) is 1. The van der Waals surface area contributed by atoms with Crippen molar-refractivity contribution in [1.29, 1.82) is 0 Å². The van der Waals surface area contributed by atoms with E-state index in [0.717, 1.165) is 32.5 Å². The van der Waals surface area contributed by atoms with E-state index in [1.54, 1.807) is 22.6 Å². The summed E-state index contributed by atoms with van der Waals surface area (Å²) in [5.74, 6) is -0.156. The van der Waals surface area contributed by atoms with Gasteiger partial charge in [-0.25, -0.2) is 14.6 Å². The number of rotatable bonds is 4. The molecule has 4 bridgehead atoms. The van der Waals surface area contributed by atoms with Crippen molar-refractivity contribution in [3.05, 3.63) is 45.9 Å². The van der Waals surface area contributed by atoms with Gasteiger partial charge in [0.2, 0.25) is 0 Å². The van der Waals surface area contributed by atoms with E-state index in [1.807, 2.05) is 17.4 Å². The number of hydrogen-bond donors (Lipinski definition) is 0. The van der Waals surface area contributed by atoms with Crippen LogP contribution in [0.15, 0.2) is 29.6 Å². The number of imidazole rings is 1. The molecule has 1 aromatic carbocycles. The topological polar surface area (TPSA) is 73.7 Å². The van der Waals surface area contributed by atoms with E-state index in [2.05, 4.69) is 16.3 Å². The van der Waals surface area contributed by atoms with Crippen molar-refractivity contribution in [2.24, 2.45) is 0 Å². The molecule has 1 fully saturated rings. The molecule has 1 saturated heterocycles. The van der Waals surface area contributed by atoms with Crippen LogP contribution in [0.4, 0.5) is 0 Å². The highest BCUT2D eigenvalue weighted by atomic mass is 32.1. The van der Waals surface area contributed by atoms with E-state index in [1.165, 1.54) is 30.4 Å². The monoisotopic (exact) mass is 451 g/mol. The third kappa shape index (κ3) is 3.42. The zero-order valence-electron chi connectivity index (χ0n) is 17.8. The number of hydrogen-bond acceptors (Lipinski definition) is 7. The summed E-state index contributed by atoms with van der Waals surface area (Å²) in [6.07, 6.45) is 6.97. The van der Waals surface area contributed by atoms with E-state index >= 15 is 0 Å². The Morgan fingerprint density at radius 2 is 1.97 bits per heavy atom. The molecule has 4 heterocycles. The summed E-state index contributed by atoms with van der Waals surface area (Å²) < 4.78 is 6.61. The Kier molecular flexibility index (Phi) is 4.99. The first kappa shape index (κ1) is 19.9. The van der Waals surface area contributed by atoms with E-state index in [0.29, 0.717) is 28.5 Å². The molecule has 0 saturated carbocycles. The number of aryl methyl sites for hydroxylation is 1. The minimum atomic E-state index is -1.02. The molecular weight excluding hydrogens is 426 g/mol. The van der Waals surface area contributed by atoms with Crippen LogP contribution >= 0.6 is 11.3 Å². The van der Waals surface area contributed by atoms with Gasteiger partial charge >= 0.3 is 11.9 Å². The highest BCUT2D eigenvalue weighted by Crippen LogP contribution is 2.38. The van der Waals surface area contributed by atoms with Crippen molar-refractivity contribution in [1.82, 2.24) is 14.6 Å². The summed E-state index contributed by atoms with van der Waals surface area (Å²) in [6.45, 7) is 3.10. The highest BCUT2D eigenvalue weighted by Gasteiger charge is 2.32. The largest absolute Gasteiger partial charge is 0.442 e. The van der Waals surface area contributed by atoms with Gasteiger partial charge in [-0.15, -0.1) is 11.3 Å². The second kappa shape index (κ2) is 8.01. The Balaban J connectivity index is 1.15. The molecule has 166 valence electrons. The number of likely N-dealkylation sites (tertiary alicyclic amines) is 1. The van der Waals surface area contributed by atoms with Crippen LogP contribution in [0.3, 0.4) is 0 Å². The van der Waals surface area contributed by atoms with E-state index in [9.17, 15) is 9.59 Å². The number of thiophene rings is 1. The minimum absolute atomic E-state index is 0.172. The Labute approximate surface area is 189 Å². The van der Waals surface area contributed by atoms with Gasteiger partial charge < -0.3 is 14.5 Å². The van der Waals surface area contributed by atoms with Gasteiger partial charge in [-0.1, -0.05) is 6.07 Å². The zero-order chi connectivity index (χ0) is 21.7. The van der Waals surface area contributed by atoms with Gasteiger partial charge in [0.05, 0.1) is 0 Å². The van der Waals surface area contributed by atoms with Gasteiger partial charge in [0, 0.05) is 10.8 Å². The van der Waals surface area contributed by atoms with Crippen molar-refractivity contribution >= 4 is 34.3 Å². The van der Waals surface area contributed by atoms with Gasteiger partial charge in [-0.2, -0.15) is 4.73 Å². The minimum Gasteiger partial charge on any atom is -0.416 e. The number of carbonyl (C=O) groups excluding carboxylic acids is 2. The Morgan fingerprint density at radius 1 is 1.09 bits per heavy atom. The quantitative estimate of drug-likeness (QED) is 0.342. The van der Waals surface area contributed by atoms with E-state index in [-0.39, 0.29) is 5.92 Å². The number of fused-ring (bicyclic) bond motifs is 1. The molecule has 8 heteroatoms. The molecule has 3 aromatic rings. The smallest absolute Gasteiger partial charge is 0.416 e. The maximum absolute atomic E-state index is 12.1. The zero-order valence-corrected chi connectivity index (χ0v) is 18.6. The molecular formula is C24H25N3O4S. The van der Waals surface area contributed by atoms with Crippen molar-refractivity contribution in [2.45, 2.75) is 50.4 Å². The normalized spacial score (nSPS) is 21.8. The molecule has 1 aliphatic carbocycles. The number of esters is 1. The average Bonchev–Trinajstić information content (AvgIpc) is 3.44. The molecule has 2 aliphatic heterocycles. The number of aromatic nitrogens is 2. The van der Waals surface area contributed by atoms with Crippen LogP contribution in [-0.2, 0) is 16.0 Å². The van der Waals surface area contributed by atoms with E-state index in [4.69, 9.17) is 14.6 Å². The summed E-state index contributed by atoms with van der Waals surface area (Å²) >= 11 is 1.91. The highest BCUT2D eigenvalue weighted by molar-refractivity contribution is 7.10. The van der Waals surface area contributed by atoms with Gasteiger partial charge in [-0.3, -0.25) is 0 Å². The number of benzene rings is 1. The van der Waals surface area contributed by atoms with Crippen LogP contribution in [0, 0.1) is 0 Å². The Morgan fingerprint density at radius 3 is 2.84 bits per heavy atom. The fourth-order valence-corrected chi connectivity index (χ4v) is 6.41. The first-order valence-electron chi connectivity index (χ1n) is 11.4. The van der Waals surface area contributed by atoms with Crippen LogP contribution in [0.2, 0.25) is 0 Å². The second-order valence-corrected chi connectivity index (χ2v) is 9.95. The fourth-order valence-electron chi connectivity index (χ4n) is 5.40. The third-order valence-electron chi connectivity index (χ3n) is 7.10. The number of nitrogens with zero attached hydrogens (tertiary/aromatic N) is 3. The predicted molar refractivity (Wildman–Crippen MR) is 120 cm³/mol. The van der Waals surface area contributed by atoms with Crippen LogP contribution < -0.4 is 9.57 Å². The number of para-hydroxylation sites is 1. The molecule has 0 N–H and O–H groups in total. The summed E-state index contributed by atoms with van der Waals surface area (Å²) in [7, 11) is 0. The number of carbonyl (C=O) groups is 2. The van der Waals surface area contributed by atoms with Gasteiger partial charge in [-0.05, 0) is 93.2 Å². The van der Waals surface area contributed by atoms with Gasteiger partial charge in [0.1, 0.15) is 16.9 Å². The first-order chi connectivity index (χ1) is 15.7. The van der Waals surface area contributed by atoms with Crippen LogP contribution in [0.5, 0.6) is 5.75 Å². The summed E-state index contributed by atoms with van der Waals surface area (Å²) in [4.78, 5) is 38.2. The SMILES string of the molecule is O=C1Oc2cccc3c2nc(C2CCN(CCC4CCCc5sccc54)CC2)n3OC1=O. The average molecular weight is 452 g/mol. The molecule has 6 rings (SSSR count). The summed E-state index contributed by atoms with van der Waals surface area (Å²) in [5.41, 5.74) is 2.81. The molecule has 7 nitrogen and oxygen atoms in total. The maximum atomic E-state index is 12.1.